The van der Waals surface area contributed by atoms with E-state index in [1.54, 1.807) is 20.1 Å². The molecule has 3 aromatic rings. The van der Waals surface area contributed by atoms with Gasteiger partial charge >= 0.3 is 0 Å². The Balaban J connectivity index is 1.22. The van der Waals surface area contributed by atoms with Gasteiger partial charge in [0.25, 0.3) is 5.91 Å². The smallest absolute Gasteiger partial charge is 0.277 e. The minimum atomic E-state index is -0.258. The molecule has 1 unspecified atom stereocenters. The Morgan fingerprint density at radius 3 is 2.88 bits per heavy atom. The molecule has 1 amide bonds. The molecule has 1 aromatic heterocycles. The maximum Gasteiger partial charge on any atom is 0.277 e. The minimum Gasteiger partial charge on any atom is -0.495 e. The first-order chi connectivity index (χ1) is 16.0. The van der Waals surface area contributed by atoms with Crippen LogP contribution in [0.5, 0.6) is 5.75 Å². The van der Waals surface area contributed by atoms with Gasteiger partial charge in [-0.05, 0) is 61.2 Å². The summed E-state index contributed by atoms with van der Waals surface area (Å²) in [6.45, 7) is 5.73. The number of halogens is 1. The average Bonchev–Trinajstić information content (AvgIpc) is 3.53. The molecule has 2 aliphatic heterocycles. The van der Waals surface area contributed by atoms with Crippen molar-refractivity contribution in [1.82, 2.24) is 10.1 Å². The van der Waals surface area contributed by atoms with Crippen molar-refractivity contribution in [1.29, 1.82) is 0 Å². The summed E-state index contributed by atoms with van der Waals surface area (Å²) >= 11 is 6.30. The molecule has 33 heavy (non-hydrogen) atoms. The average molecular weight is 467 g/mol. The summed E-state index contributed by atoms with van der Waals surface area (Å²) in [4.78, 5) is 17.4. The topological polar surface area (TPSA) is 70.8 Å². The highest BCUT2D eigenvalue weighted by atomic mass is 35.5. The lowest BCUT2D eigenvalue weighted by Crippen LogP contribution is -2.36. The van der Waals surface area contributed by atoms with E-state index in [1.165, 1.54) is 16.8 Å². The number of likely N-dealkylation sites (tertiary alicyclic amines) is 1. The van der Waals surface area contributed by atoms with Crippen molar-refractivity contribution in [3.8, 4) is 5.75 Å². The number of carbonyl (C=O) groups is 1. The molecule has 1 N–H and O–H groups in total. The predicted molar refractivity (Wildman–Crippen MR) is 128 cm³/mol. The van der Waals surface area contributed by atoms with Gasteiger partial charge in [-0.3, -0.25) is 9.69 Å². The molecular formula is C25H27ClN4O3. The highest BCUT2D eigenvalue weighted by molar-refractivity contribution is 6.32. The predicted octanol–water partition coefficient (Wildman–Crippen LogP) is 4.53. The van der Waals surface area contributed by atoms with Crippen LogP contribution < -0.4 is 15.0 Å². The number of fused-ring (bicyclic) bond motifs is 1. The van der Waals surface area contributed by atoms with Gasteiger partial charge in [-0.15, -0.1) is 0 Å². The van der Waals surface area contributed by atoms with Crippen LogP contribution in [0.25, 0.3) is 0 Å². The zero-order valence-electron chi connectivity index (χ0n) is 18.8. The number of nitrogens with zero attached hydrogens (tertiary/aromatic N) is 3. The number of hydrogen-bond donors (Lipinski definition) is 1. The van der Waals surface area contributed by atoms with Crippen LogP contribution in [0.3, 0.4) is 0 Å². The van der Waals surface area contributed by atoms with Crippen molar-refractivity contribution in [2.24, 2.45) is 0 Å². The van der Waals surface area contributed by atoms with E-state index in [0.717, 1.165) is 44.7 Å². The Kier molecular flexibility index (Phi) is 6.00. The molecular weight excluding hydrogens is 440 g/mol. The Labute approximate surface area is 198 Å². The number of aryl methyl sites for hydroxylation is 1. The molecule has 2 aliphatic rings. The number of carbonyl (C=O) groups excluding carboxylic acids is 1. The largest absolute Gasteiger partial charge is 0.495 e. The molecule has 1 atom stereocenters. The molecule has 3 heterocycles. The molecule has 0 aliphatic carbocycles. The van der Waals surface area contributed by atoms with Gasteiger partial charge in [0.05, 0.1) is 12.1 Å². The second-order valence-electron chi connectivity index (χ2n) is 8.71. The highest BCUT2D eigenvalue weighted by Crippen LogP contribution is 2.35. The summed E-state index contributed by atoms with van der Waals surface area (Å²) in [5.41, 5.74) is 4.81. The molecule has 0 saturated carbocycles. The summed E-state index contributed by atoms with van der Waals surface area (Å²) in [6.07, 6.45) is 2.11. The number of amides is 1. The van der Waals surface area contributed by atoms with Gasteiger partial charge in [0.1, 0.15) is 11.5 Å². The Bertz CT molecular complexity index is 1180. The van der Waals surface area contributed by atoms with E-state index in [1.807, 2.05) is 18.2 Å². The van der Waals surface area contributed by atoms with E-state index in [-0.39, 0.29) is 5.91 Å². The van der Waals surface area contributed by atoms with Gasteiger partial charge in [0.2, 0.25) is 0 Å². The summed E-state index contributed by atoms with van der Waals surface area (Å²) in [6, 6.07) is 14.3. The molecule has 0 bridgehead atoms. The summed E-state index contributed by atoms with van der Waals surface area (Å²) < 4.78 is 10.3. The third-order valence-corrected chi connectivity index (χ3v) is 6.74. The van der Waals surface area contributed by atoms with Crippen LogP contribution in [-0.2, 0) is 13.0 Å². The molecule has 8 heteroatoms. The minimum absolute atomic E-state index is 0.258. The van der Waals surface area contributed by atoms with Gasteiger partial charge in [-0.1, -0.05) is 22.8 Å². The van der Waals surface area contributed by atoms with Gasteiger partial charge < -0.3 is 19.5 Å². The quantitative estimate of drug-likeness (QED) is 0.575. The van der Waals surface area contributed by atoms with Crippen LogP contribution in [0.4, 0.5) is 11.4 Å². The number of rotatable bonds is 6. The second-order valence-corrected chi connectivity index (χ2v) is 9.12. The van der Waals surface area contributed by atoms with Crippen molar-refractivity contribution in [2.75, 3.05) is 37.0 Å². The first kappa shape index (κ1) is 21.8. The number of benzene rings is 2. The number of anilines is 2. The number of aromatic nitrogens is 1. The zero-order chi connectivity index (χ0) is 22.9. The molecule has 1 saturated heterocycles. The highest BCUT2D eigenvalue weighted by Gasteiger charge is 2.32. The number of methoxy groups -OCH3 is 1. The first-order valence-electron chi connectivity index (χ1n) is 11.2. The van der Waals surface area contributed by atoms with Crippen LogP contribution in [0, 0.1) is 6.92 Å². The Hall–Kier alpha value is -3.03. The maximum atomic E-state index is 12.4. The van der Waals surface area contributed by atoms with E-state index in [2.05, 4.69) is 38.5 Å². The fourth-order valence-corrected chi connectivity index (χ4v) is 5.11. The van der Waals surface area contributed by atoms with Crippen molar-refractivity contribution < 1.29 is 14.1 Å². The van der Waals surface area contributed by atoms with Gasteiger partial charge in [0, 0.05) is 49.7 Å². The normalized spacial score (nSPS) is 17.9. The SMILES string of the molecule is COc1ccc(CN2CCC(N3CCc4cc(NC(=O)c5cc(C)on5)ccc43)C2)cc1Cl. The van der Waals surface area contributed by atoms with Gasteiger partial charge in [0.15, 0.2) is 5.69 Å². The third-order valence-electron chi connectivity index (χ3n) is 6.44. The van der Waals surface area contributed by atoms with Gasteiger partial charge in [-0.25, -0.2) is 0 Å². The first-order valence-corrected chi connectivity index (χ1v) is 11.6. The molecule has 1 fully saturated rings. The maximum absolute atomic E-state index is 12.4. The van der Waals surface area contributed by atoms with Crippen LogP contribution in [0.2, 0.25) is 5.02 Å². The number of hydrogen-bond acceptors (Lipinski definition) is 6. The zero-order valence-corrected chi connectivity index (χ0v) is 19.6. The summed E-state index contributed by atoms with van der Waals surface area (Å²) in [5.74, 6) is 1.07. The summed E-state index contributed by atoms with van der Waals surface area (Å²) in [5, 5.41) is 7.36. The van der Waals surface area contributed by atoms with E-state index < -0.39 is 0 Å². The lowest BCUT2D eigenvalue weighted by Gasteiger charge is -2.27. The molecule has 0 radical (unpaired) electrons. The van der Waals surface area contributed by atoms with Crippen molar-refractivity contribution in [3.05, 3.63) is 70.1 Å². The van der Waals surface area contributed by atoms with E-state index in [0.29, 0.717) is 28.3 Å². The van der Waals surface area contributed by atoms with Crippen molar-refractivity contribution in [2.45, 2.75) is 32.4 Å². The fourth-order valence-electron chi connectivity index (χ4n) is 4.83. The van der Waals surface area contributed by atoms with Crippen LogP contribution in [0.15, 0.2) is 47.0 Å². The third kappa shape index (κ3) is 4.56. The molecule has 172 valence electrons. The fraction of sp³-hybridized carbons (Fsp3) is 0.360. The van der Waals surface area contributed by atoms with E-state index in [9.17, 15) is 4.79 Å². The number of nitrogens with one attached hydrogen (secondary N) is 1. The standard InChI is InChI=1S/C25H27ClN4O3/c1-16-11-22(28-33-16)25(31)27-19-4-5-23-18(13-19)7-10-30(23)20-8-9-29(15-20)14-17-3-6-24(32-2)21(26)12-17/h3-6,11-13,20H,7-10,14-15H2,1-2H3,(H,27,31). The van der Waals surface area contributed by atoms with Crippen LogP contribution in [-0.4, -0.2) is 48.7 Å². The summed E-state index contributed by atoms with van der Waals surface area (Å²) in [7, 11) is 1.63. The van der Waals surface area contributed by atoms with Crippen LogP contribution in [0.1, 0.15) is 33.8 Å². The number of ether oxygens (including phenoxy) is 1. The Morgan fingerprint density at radius 2 is 2.12 bits per heavy atom. The van der Waals surface area contributed by atoms with E-state index in [4.69, 9.17) is 20.9 Å². The molecule has 0 spiro atoms. The molecule has 5 rings (SSSR count). The lowest BCUT2D eigenvalue weighted by molar-refractivity contribution is 0.101. The molecule has 2 aromatic carbocycles. The van der Waals surface area contributed by atoms with Gasteiger partial charge in [-0.2, -0.15) is 0 Å². The monoisotopic (exact) mass is 466 g/mol. The Morgan fingerprint density at radius 1 is 1.24 bits per heavy atom. The van der Waals surface area contributed by atoms with Crippen molar-refractivity contribution in [3.63, 3.8) is 0 Å². The molecule has 7 nitrogen and oxygen atoms in total. The second kappa shape index (κ2) is 9.08. The van der Waals surface area contributed by atoms with Crippen molar-refractivity contribution >= 4 is 28.9 Å². The van der Waals surface area contributed by atoms with E-state index >= 15 is 0 Å². The lowest BCUT2D eigenvalue weighted by atomic mass is 10.1. The van der Waals surface area contributed by atoms with Crippen LogP contribution >= 0.6 is 11.6 Å².